The number of ether oxygens (including phenoxy) is 5. The number of likely N-dealkylation sites (N-methyl/N-ethyl adjacent to an activating group) is 2. The molecule has 12 heteroatoms. The summed E-state index contributed by atoms with van der Waals surface area (Å²) >= 11 is 0. The third-order valence-corrected chi connectivity index (χ3v) is 11.0. The number of hydrogen-bond donors (Lipinski definition) is 2. The number of aliphatic hydroxyl groups is 1. The van der Waals surface area contributed by atoms with Gasteiger partial charge in [0, 0.05) is 31.2 Å². The summed E-state index contributed by atoms with van der Waals surface area (Å²) in [6.45, 7) is 15.9. The van der Waals surface area contributed by atoms with Gasteiger partial charge in [-0.3, -0.25) is 9.59 Å². The molecule has 5 fully saturated rings. The largest absolute Gasteiger partial charge is 0.457 e. The third kappa shape index (κ3) is 6.78. The number of carbonyl (C=O) groups is 3. The Bertz CT molecular complexity index is 1110. The van der Waals surface area contributed by atoms with Gasteiger partial charge in [0.05, 0.1) is 23.9 Å². The summed E-state index contributed by atoms with van der Waals surface area (Å²) in [7, 11) is 5.82. The second-order valence-corrected chi connectivity index (χ2v) is 15.0. The van der Waals surface area contributed by atoms with Crippen LogP contribution in [0.5, 0.6) is 0 Å². The predicted molar refractivity (Wildman–Crippen MR) is 166 cm³/mol. The second-order valence-electron chi connectivity index (χ2n) is 15.0. The average Bonchev–Trinajstić information content (AvgIpc) is 3.27. The van der Waals surface area contributed by atoms with Crippen molar-refractivity contribution in [3.8, 4) is 0 Å². The van der Waals surface area contributed by atoms with Crippen LogP contribution >= 0.6 is 0 Å². The van der Waals surface area contributed by atoms with Crippen LogP contribution in [0.2, 0.25) is 0 Å². The fourth-order valence-corrected chi connectivity index (χ4v) is 8.26. The maximum Gasteiger partial charge on any atom is 0.408 e. The van der Waals surface area contributed by atoms with Crippen LogP contribution < -0.4 is 5.32 Å². The van der Waals surface area contributed by atoms with E-state index in [0.717, 1.165) is 0 Å². The molecule has 0 spiro atoms. The third-order valence-electron chi connectivity index (χ3n) is 11.0. The minimum Gasteiger partial charge on any atom is -0.457 e. The number of ketones is 1. The molecule has 0 aromatic carbocycles. The summed E-state index contributed by atoms with van der Waals surface area (Å²) in [4.78, 5) is 45.4. The molecule has 0 saturated carbocycles. The fourth-order valence-electron chi connectivity index (χ4n) is 8.26. The van der Waals surface area contributed by atoms with Crippen molar-refractivity contribution in [2.75, 3.05) is 34.3 Å². The van der Waals surface area contributed by atoms with Crippen molar-refractivity contribution in [3.63, 3.8) is 0 Å². The van der Waals surface area contributed by atoms with Gasteiger partial charge in [0.2, 0.25) is 0 Å². The van der Waals surface area contributed by atoms with Crippen LogP contribution in [0, 0.1) is 17.3 Å². The van der Waals surface area contributed by atoms with Crippen LogP contribution in [0.1, 0.15) is 81.1 Å². The summed E-state index contributed by atoms with van der Waals surface area (Å²) in [6.07, 6.45) is -2.65. The highest BCUT2D eigenvalue weighted by atomic mass is 16.7. The Balaban J connectivity index is 1.78. The zero-order chi connectivity index (χ0) is 33.6. The van der Waals surface area contributed by atoms with E-state index in [1.165, 1.54) is 0 Å². The normalized spacial score (nSPS) is 47.3. The molecule has 45 heavy (non-hydrogen) atoms. The molecular formula is C33H57N3O9. The molecule has 12 nitrogen and oxygen atoms in total. The highest BCUT2D eigenvalue weighted by Crippen LogP contribution is 2.43. The number of esters is 1. The first-order valence-corrected chi connectivity index (χ1v) is 16.6. The van der Waals surface area contributed by atoms with Gasteiger partial charge >= 0.3 is 12.1 Å². The summed E-state index contributed by atoms with van der Waals surface area (Å²) in [6, 6.07) is -0.837. The molecule has 2 bridgehead atoms. The molecule has 3 unspecified atom stereocenters. The number of hydrogen-bond acceptors (Lipinski definition) is 11. The maximum absolute atomic E-state index is 14.5. The van der Waals surface area contributed by atoms with Gasteiger partial charge in [0.25, 0.3) is 0 Å². The lowest BCUT2D eigenvalue weighted by atomic mass is 9.70. The quantitative estimate of drug-likeness (QED) is 0.347. The monoisotopic (exact) mass is 639 g/mol. The van der Waals surface area contributed by atoms with Crippen molar-refractivity contribution in [3.05, 3.63) is 0 Å². The van der Waals surface area contributed by atoms with E-state index in [9.17, 15) is 19.5 Å². The molecule has 13 atom stereocenters. The topological polar surface area (TPSA) is 136 Å². The van der Waals surface area contributed by atoms with Crippen molar-refractivity contribution in [1.29, 1.82) is 0 Å². The van der Waals surface area contributed by atoms with Gasteiger partial charge in [0.15, 0.2) is 17.7 Å². The lowest BCUT2D eigenvalue weighted by Gasteiger charge is -2.49. The van der Waals surface area contributed by atoms with Crippen molar-refractivity contribution in [2.45, 2.75) is 141 Å². The van der Waals surface area contributed by atoms with Crippen LogP contribution in [0.3, 0.4) is 0 Å². The van der Waals surface area contributed by atoms with E-state index in [-0.39, 0.29) is 42.9 Å². The van der Waals surface area contributed by atoms with E-state index in [0.29, 0.717) is 25.8 Å². The van der Waals surface area contributed by atoms with Crippen molar-refractivity contribution in [2.24, 2.45) is 17.3 Å². The number of aliphatic hydroxyl groups excluding tert-OH is 1. The Kier molecular flexibility index (Phi) is 10.7. The first-order chi connectivity index (χ1) is 20.9. The maximum atomic E-state index is 14.5. The first kappa shape index (κ1) is 36.0. The predicted octanol–water partition coefficient (Wildman–Crippen LogP) is 2.74. The van der Waals surface area contributed by atoms with Crippen LogP contribution in [0.4, 0.5) is 4.79 Å². The minimum atomic E-state index is -1.54. The summed E-state index contributed by atoms with van der Waals surface area (Å²) in [5.41, 5.74) is -3.65. The summed E-state index contributed by atoms with van der Waals surface area (Å²) in [5.74, 6) is -1.73. The number of nitrogens with zero attached hydrogens (tertiary/aromatic N) is 2. The lowest BCUT2D eigenvalue weighted by Crippen LogP contribution is -2.61. The van der Waals surface area contributed by atoms with E-state index in [4.69, 9.17) is 23.7 Å². The highest BCUT2D eigenvalue weighted by Gasteiger charge is 2.59. The fraction of sp³-hybridized carbons (Fsp3) is 0.909. The molecule has 5 rings (SSSR count). The van der Waals surface area contributed by atoms with Crippen molar-refractivity contribution >= 4 is 17.8 Å². The molecule has 2 N–H and O–H groups in total. The summed E-state index contributed by atoms with van der Waals surface area (Å²) < 4.78 is 31.5. The molecule has 0 aromatic rings. The first-order valence-electron chi connectivity index (χ1n) is 16.6. The molecule has 5 heterocycles. The molecule has 5 saturated heterocycles. The van der Waals surface area contributed by atoms with Crippen LogP contribution in [-0.2, 0) is 33.3 Å². The lowest BCUT2D eigenvalue weighted by molar-refractivity contribution is -0.300. The van der Waals surface area contributed by atoms with E-state index >= 15 is 0 Å². The van der Waals surface area contributed by atoms with Crippen LogP contribution in [-0.4, -0.2) is 127 Å². The van der Waals surface area contributed by atoms with Crippen molar-refractivity contribution in [1.82, 2.24) is 15.1 Å². The number of Topliss-reactive ketones (excluding diaryl/α,β-unsaturated/α-hetero) is 1. The van der Waals surface area contributed by atoms with Gasteiger partial charge in [-0.25, -0.2) is 4.79 Å². The second kappa shape index (κ2) is 13.4. The Labute approximate surface area is 268 Å². The molecule has 0 radical (unpaired) electrons. The Hall–Kier alpha value is -1.83. The number of fused-ring (bicyclic) bond motifs is 10. The molecule has 5 aliphatic heterocycles. The van der Waals surface area contributed by atoms with Gasteiger partial charge in [-0.05, 0) is 87.4 Å². The van der Waals surface area contributed by atoms with Crippen molar-refractivity contribution < 1.29 is 43.2 Å². The Morgan fingerprint density at radius 2 is 1.78 bits per heavy atom. The van der Waals surface area contributed by atoms with E-state index in [2.05, 4.69) is 17.1 Å². The molecule has 5 aliphatic rings. The number of rotatable bonds is 4. The Morgan fingerprint density at radius 1 is 1.11 bits per heavy atom. The van der Waals surface area contributed by atoms with Crippen LogP contribution in [0.15, 0.2) is 0 Å². The zero-order valence-corrected chi connectivity index (χ0v) is 29.1. The molecular weight excluding hydrogens is 582 g/mol. The van der Waals surface area contributed by atoms with Gasteiger partial charge in [-0.15, -0.1) is 0 Å². The standard InChI is InChI=1S/C33H57N3O9/c1-12-23-33(8)25(34-30(40)45-33)21(5)36(11)17-18(2)16-32(7)27(44-28-24(37)22(35(9)10)15-19(3)42-28)20(4)26(38)31(6,13-14-41-32)29(39)43-23/h18-25,27-28,37H,12-17H2,1-11H3,(H,34,40)/t18-,19?,20+,21-,22?,23-,24?,25-,27-,28+,31+,32+,33-/m1/s1. The smallest absolute Gasteiger partial charge is 0.408 e. The zero-order valence-electron chi connectivity index (χ0n) is 29.1. The van der Waals surface area contributed by atoms with Gasteiger partial charge < -0.3 is 43.9 Å². The van der Waals surface area contributed by atoms with Crippen LogP contribution in [0.25, 0.3) is 0 Å². The van der Waals surface area contributed by atoms with E-state index < -0.39 is 65.2 Å². The summed E-state index contributed by atoms with van der Waals surface area (Å²) in [5, 5.41) is 14.3. The Morgan fingerprint density at radius 3 is 2.40 bits per heavy atom. The number of nitrogens with one attached hydrogen (secondary N) is 1. The van der Waals surface area contributed by atoms with Gasteiger partial charge in [0.1, 0.15) is 17.6 Å². The number of carbonyl (C=O) groups excluding carboxylic acids is 3. The number of alkyl carbamates (subject to hydrolysis) is 1. The molecule has 0 aliphatic carbocycles. The molecule has 258 valence electrons. The SMILES string of the molecule is CC[C@H]1OC(=O)[C@@]2(C)CCO[C@@](C)(C[C@@H](C)CN(C)[C@H](C)[C@H]3NC(=O)O[C@@]31C)[C@H](O[C@@H]1OC(C)CC(N(C)C)C1O)[C@@H](C)C2=O. The average molecular weight is 640 g/mol. The minimum absolute atomic E-state index is 0.0709. The molecule has 0 aromatic heterocycles. The number of amides is 1. The molecule has 1 amide bonds. The van der Waals surface area contributed by atoms with Gasteiger partial charge in [-0.2, -0.15) is 0 Å². The van der Waals surface area contributed by atoms with E-state index in [1.54, 1.807) is 20.8 Å². The van der Waals surface area contributed by atoms with Gasteiger partial charge in [-0.1, -0.05) is 20.8 Å². The highest BCUT2D eigenvalue weighted by molar-refractivity contribution is 6.04. The van der Waals surface area contributed by atoms with E-state index in [1.807, 2.05) is 53.7 Å².